The van der Waals surface area contributed by atoms with Crippen LogP contribution in [0.25, 0.3) is 28.5 Å². The molecular weight excluding hydrogens is 465 g/mol. The quantitative estimate of drug-likeness (QED) is 0.419. The molecule has 2 N–H and O–H groups in total. The van der Waals surface area contributed by atoms with Gasteiger partial charge in [0.15, 0.2) is 0 Å². The van der Waals surface area contributed by atoms with Gasteiger partial charge in [0, 0.05) is 19.0 Å². The zero-order valence-corrected chi connectivity index (χ0v) is 19.5. The standard InChI is InChI=1S/C23H24FN3O6S/c1-4-14-12-17-20(22(29)25-2)21(15-7-9-16(24)10-8-15)33-23(17)27-18(14)13-26-34(30,31)11-5-6-19(28)32-3/h4,7-10,12,26H,1,5-6,11,13H2,2-3H3,(H,25,29). The minimum Gasteiger partial charge on any atom is -0.469 e. The predicted octanol–water partition coefficient (Wildman–Crippen LogP) is 3.01. The van der Waals surface area contributed by atoms with E-state index in [2.05, 4.69) is 26.3 Å². The third kappa shape index (κ3) is 5.67. The van der Waals surface area contributed by atoms with Crippen LogP contribution in [0.2, 0.25) is 0 Å². The van der Waals surface area contributed by atoms with E-state index in [1.54, 1.807) is 6.07 Å². The van der Waals surface area contributed by atoms with E-state index in [0.717, 1.165) is 0 Å². The highest BCUT2D eigenvalue weighted by molar-refractivity contribution is 7.89. The third-order valence-corrected chi connectivity index (χ3v) is 6.47. The van der Waals surface area contributed by atoms with Crippen molar-refractivity contribution in [1.82, 2.24) is 15.0 Å². The lowest BCUT2D eigenvalue weighted by atomic mass is 10.0. The SMILES string of the molecule is C=Cc1cc2c(C(=O)NC)c(-c3ccc(F)cc3)oc2nc1CNS(=O)(=O)CCCC(=O)OC. The Morgan fingerprint density at radius 3 is 2.59 bits per heavy atom. The summed E-state index contributed by atoms with van der Waals surface area (Å²) in [6.45, 7) is 3.60. The summed E-state index contributed by atoms with van der Waals surface area (Å²) in [5.41, 5.74) is 1.65. The molecule has 0 atom stereocenters. The summed E-state index contributed by atoms with van der Waals surface area (Å²) in [5, 5.41) is 2.96. The highest BCUT2D eigenvalue weighted by atomic mass is 32.2. The Kier molecular flexibility index (Phi) is 7.79. The van der Waals surface area contributed by atoms with Crippen molar-refractivity contribution in [3.63, 3.8) is 0 Å². The van der Waals surface area contributed by atoms with Crippen LogP contribution >= 0.6 is 0 Å². The van der Waals surface area contributed by atoms with E-state index < -0.39 is 27.7 Å². The molecule has 11 heteroatoms. The molecule has 0 bridgehead atoms. The molecule has 0 unspecified atom stereocenters. The lowest BCUT2D eigenvalue weighted by molar-refractivity contribution is -0.140. The number of carbonyl (C=O) groups is 2. The summed E-state index contributed by atoms with van der Waals surface area (Å²) in [4.78, 5) is 28.2. The van der Waals surface area contributed by atoms with Crippen molar-refractivity contribution in [2.24, 2.45) is 0 Å². The highest BCUT2D eigenvalue weighted by Gasteiger charge is 2.24. The van der Waals surface area contributed by atoms with Gasteiger partial charge >= 0.3 is 5.97 Å². The average molecular weight is 490 g/mol. The summed E-state index contributed by atoms with van der Waals surface area (Å²) < 4.78 is 50.8. The molecule has 9 nitrogen and oxygen atoms in total. The normalized spacial score (nSPS) is 11.4. The number of esters is 1. The maximum absolute atomic E-state index is 13.4. The largest absolute Gasteiger partial charge is 0.469 e. The molecule has 2 aromatic heterocycles. The van der Waals surface area contributed by atoms with Crippen molar-refractivity contribution in [3.05, 3.63) is 59.5 Å². The lowest BCUT2D eigenvalue weighted by Crippen LogP contribution is -2.27. The Balaban J connectivity index is 1.95. The summed E-state index contributed by atoms with van der Waals surface area (Å²) in [7, 11) is -0.983. The number of fused-ring (bicyclic) bond motifs is 1. The van der Waals surface area contributed by atoms with E-state index in [1.165, 1.54) is 44.5 Å². The molecule has 34 heavy (non-hydrogen) atoms. The van der Waals surface area contributed by atoms with Gasteiger partial charge in [-0.3, -0.25) is 9.59 Å². The van der Waals surface area contributed by atoms with E-state index in [4.69, 9.17) is 4.42 Å². The number of carbonyl (C=O) groups excluding carboxylic acids is 2. The van der Waals surface area contributed by atoms with Gasteiger partial charge in [0.2, 0.25) is 15.7 Å². The number of hydrogen-bond acceptors (Lipinski definition) is 7. The average Bonchev–Trinajstić information content (AvgIpc) is 3.20. The van der Waals surface area contributed by atoms with E-state index in [0.29, 0.717) is 22.2 Å². The number of nitrogens with zero attached hydrogens (tertiary/aromatic N) is 1. The number of halogens is 1. The number of methoxy groups -OCH3 is 1. The molecule has 2 heterocycles. The van der Waals surface area contributed by atoms with Crippen molar-refractivity contribution in [2.75, 3.05) is 19.9 Å². The van der Waals surface area contributed by atoms with Crippen molar-refractivity contribution in [2.45, 2.75) is 19.4 Å². The summed E-state index contributed by atoms with van der Waals surface area (Å²) in [6, 6.07) is 7.10. The topological polar surface area (TPSA) is 128 Å². The Labute approximate surface area is 196 Å². The predicted molar refractivity (Wildman–Crippen MR) is 125 cm³/mol. The van der Waals surface area contributed by atoms with Crippen LogP contribution in [0.15, 0.2) is 41.3 Å². The zero-order chi connectivity index (χ0) is 24.9. The molecule has 180 valence electrons. The minimum atomic E-state index is -3.69. The van der Waals surface area contributed by atoms with Crippen LogP contribution in [0.3, 0.4) is 0 Å². The molecule has 1 aromatic carbocycles. The summed E-state index contributed by atoms with van der Waals surface area (Å²) in [5.74, 6) is -1.40. The second kappa shape index (κ2) is 10.6. The number of aromatic nitrogens is 1. The van der Waals surface area contributed by atoms with Crippen LogP contribution in [0.5, 0.6) is 0 Å². The number of furan rings is 1. The molecule has 0 aliphatic rings. The molecule has 0 saturated heterocycles. The number of rotatable bonds is 10. The second-order valence-electron chi connectivity index (χ2n) is 7.29. The van der Waals surface area contributed by atoms with E-state index in [1.807, 2.05) is 0 Å². The molecule has 3 aromatic rings. The van der Waals surface area contributed by atoms with Gasteiger partial charge in [0.1, 0.15) is 11.6 Å². The van der Waals surface area contributed by atoms with Crippen LogP contribution in [0.1, 0.15) is 34.5 Å². The molecular formula is C23H24FN3O6S. The first-order valence-electron chi connectivity index (χ1n) is 10.3. The minimum absolute atomic E-state index is 0.0135. The number of ether oxygens (including phenoxy) is 1. The molecule has 0 aliphatic carbocycles. The van der Waals surface area contributed by atoms with E-state index >= 15 is 0 Å². The van der Waals surface area contributed by atoms with Crippen molar-refractivity contribution in [1.29, 1.82) is 0 Å². The maximum atomic E-state index is 13.4. The number of hydrogen-bond donors (Lipinski definition) is 2. The van der Waals surface area contributed by atoms with Gasteiger partial charge < -0.3 is 14.5 Å². The Bertz CT molecular complexity index is 1330. The number of nitrogens with one attached hydrogen (secondary N) is 2. The fraction of sp³-hybridized carbons (Fsp3) is 0.261. The summed E-state index contributed by atoms with van der Waals surface area (Å²) >= 11 is 0. The first-order valence-corrected chi connectivity index (χ1v) is 11.9. The van der Waals surface area contributed by atoms with Crippen molar-refractivity contribution in [3.8, 4) is 11.3 Å². The third-order valence-electron chi connectivity index (χ3n) is 5.06. The van der Waals surface area contributed by atoms with Crippen molar-refractivity contribution < 1.29 is 31.6 Å². The number of benzene rings is 1. The van der Waals surface area contributed by atoms with E-state index in [9.17, 15) is 22.4 Å². The Hall–Kier alpha value is -3.57. The van der Waals surface area contributed by atoms with Gasteiger partial charge in [0.25, 0.3) is 5.91 Å². The van der Waals surface area contributed by atoms with E-state index in [-0.39, 0.29) is 42.2 Å². The van der Waals surface area contributed by atoms with Gasteiger partial charge in [-0.25, -0.2) is 22.5 Å². The smallest absolute Gasteiger partial charge is 0.305 e. The summed E-state index contributed by atoms with van der Waals surface area (Å²) in [6.07, 6.45) is 1.59. The number of sulfonamides is 1. The zero-order valence-electron chi connectivity index (χ0n) is 18.7. The van der Waals surface area contributed by atoms with Crippen LogP contribution in [0, 0.1) is 5.82 Å². The highest BCUT2D eigenvalue weighted by Crippen LogP contribution is 2.34. The maximum Gasteiger partial charge on any atom is 0.305 e. The molecule has 3 rings (SSSR count). The lowest BCUT2D eigenvalue weighted by Gasteiger charge is -2.09. The monoisotopic (exact) mass is 489 g/mol. The van der Waals surface area contributed by atoms with Gasteiger partial charge in [-0.2, -0.15) is 0 Å². The van der Waals surface area contributed by atoms with Crippen LogP contribution in [0.4, 0.5) is 4.39 Å². The number of amides is 1. The van der Waals surface area contributed by atoms with Crippen LogP contribution < -0.4 is 10.0 Å². The first-order chi connectivity index (χ1) is 16.2. The van der Waals surface area contributed by atoms with Crippen molar-refractivity contribution >= 4 is 39.1 Å². The Morgan fingerprint density at radius 1 is 1.26 bits per heavy atom. The first kappa shape index (κ1) is 25.1. The molecule has 0 radical (unpaired) electrons. The molecule has 0 spiro atoms. The van der Waals surface area contributed by atoms with Crippen LogP contribution in [-0.4, -0.2) is 45.2 Å². The second-order valence-corrected chi connectivity index (χ2v) is 9.22. The molecule has 1 amide bonds. The van der Waals surface area contributed by atoms with Crippen LogP contribution in [-0.2, 0) is 26.1 Å². The Morgan fingerprint density at radius 2 is 1.97 bits per heavy atom. The fourth-order valence-corrected chi connectivity index (χ4v) is 4.33. The van der Waals surface area contributed by atoms with Gasteiger partial charge in [-0.1, -0.05) is 12.7 Å². The molecule has 0 saturated carbocycles. The van der Waals surface area contributed by atoms with Gasteiger partial charge in [0.05, 0.1) is 36.1 Å². The molecule has 0 aliphatic heterocycles. The van der Waals surface area contributed by atoms with Gasteiger partial charge in [-0.05, 0) is 42.3 Å². The van der Waals surface area contributed by atoms with Gasteiger partial charge in [-0.15, -0.1) is 0 Å². The fourth-order valence-electron chi connectivity index (χ4n) is 3.31. The number of pyridine rings is 1. The molecule has 0 fully saturated rings.